The topological polar surface area (TPSA) is 18.5 Å². The van der Waals surface area contributed by atoms with Crippen molar-refractivity contribution in [3.05, 3.63) is 60.7 Å². The smallest absolute Gasteiger partial charge is 0.118 e. The maximum atomic E-state index is 4.91. The number of para-hydroxylation sites is 2. The van der Waals surface area contributed by atoms with Crippen molar-refractivity contribution in [3.63, 3.8) is 0 Å². The van der Waals surface area contributed by atoms with Gasteiger partial charge in [0.05, 0.1) is 14.2 Å². The van der Waals surface area contributed by atoms with Gasteiger partial charge in [0.25, 0.3) is 0 Å². The summed E-state index contributed by atoms with van der Waals surface area (Å²) in [5.41, 5.74) is 0. The Kier molecular flexibility index (Phi) is 11.0. The molecule has 0 spiro atoms. The van der Waals surface area contributed by atoms with Crippen LogP contribution in [-0.2, 0) is 0 Å². The normalized spacial score (nSPS) is 8.00. The van der Waals surface area contributed by atoms with Crippen molar-refractivity contribution in [1.29, 1.82) is 0 Å². The van der Waals surface area contributed by atoms with Crippen molar-refractivity contribution in [1.82, 2.24) is 0 Å². The molecule has 0 heterocycles. The van der Waals surface area contributed by atoms with Gasteiger partial charge in [-0.3, -0.25) is 0 Å². The largest absolute Gasteiger partial charge is 0.497 e. The molecule has 0 saturated carbocycles. The van der Waals surface area contributed by atoms with Gasteiger partial charge in [-0.2, -0.15) is 0 Å². The monoisotopic (exact) mass is 310 g/mol. The van der Waals surface area contributed by atoms with Crippen molar-refractivity contribution < 1.29 is 9.47 Å². The quantitative estimate of drug-likeness (QED) is 0.765. The van der Waals surface area contributed by atoms with Crippen LogP contribution >= 0.6 is 15.9 Å². The first-order valence-corrected chi connectivity index (χ1v) is 7.01. The molecule has 2 aromatic carbocycles. The van der Waals surface area contributed by atoms with Gasteiger partial charge in [0.15, 0.2) is 0 Å². The van der Waals surface area contributed by atoms with E-state index in [1.54, 1.807) is 14.2 Å². The van der Waals surface area contributed by atoms with E-state index in [1.807, 2.05) is 66.5 Å². The fraction of sp³-hybridized carbons (Fsp3) is 0.200. The average Bonchev–Trinajstić information content (AvgIpc) is 2.51. The maximum absolute atomic E-state index is 4.91. The molecule has 0 saturated heterocycles. The van der Waals surface area contributed by atoms with Crippen molar-refractivity contribution in [2.45, 2.75) is 0 Å². The van der Waals surface area contributed by atoms with Crippen LogP contribution in [0.5, 0.6) is 11.5 Å². The van der Waals surface area contributed by atoms with Crippen molar-refractivity contribution in [2.75, 3.05) is 20.1 Å². The summed E-state index contributed by atoms with van der Waals surface area (Å²) in [4.78, 5) is 0. The summed E-state index contributed by atoms with van der Waals surface area (Å²) in [5, 5.41) is 0. The van der Waals surface area contributed by atoms with Crippen molar-refractivity contribution >= 4 is 15.9 Å². The second-order valence-corrected chi connectivity index (χ2v) is 3.03. The number of rotatable bonds is 2. The molecule has 0 aliphatic carbocycles. The molecule has 0 unspecified atom stereocenters. The molecular formula is C15H19BrO2. The van der Waals surface area contributed by atoms with Gasteiger partial charge >= 0.3 is 0 Å². The third-order valence-corrected chi connectivity index (χ3v) is 1.96. The molecule has 0 radical (unpaired) electrons. The van der Waals surface area contributed by atoms with E-state index in [-0.39, 0.29) is 0 Å². The summed E-state index contributed by atoms with van der Waals surface area (Å²) in [7, 11) is 3.32. The predicted molar refractivity (Wildman–Crippen MR) is 80.8 cm³/mol. The van der Waals surface area contributed by atoms with Crippen LogP contribution in [0.25, 0.3) is 0 Å². The highest BCUT2D eigenvalue weighted by Gasteiger charge is 1.80. The molecule has 0 amide bonds. The molecule has 0 aliphatic heterocycles. The summed E-state index contributed by atoms with van der Waals surface area (Å²) >= 11 is 2.94. The van der Waals surface area contributed by atoms with Crippen LogP contribution in [0.3, 0.4) is 0 Å². The Hall–Kier alpha value is -1.48. The van der Waals surface area contributed by atoms with Crippen LogP contribution in [-0.4, -0.2) is 20.1 Å². The van der Waals surface area contributed by atoms with Crippen LogP contribution in [0, 0.1) is 0 Å². The molecule has 2 aromatic rings. The van der Waals surface area contributed by atoms with E-state index in [9.17, 15) is 0 Å². The van der Waals surface area contributed by atoms with Crippen LogP contribution in [0.4, 0.5) is 0 Å². The van der Waals surface area contributed by atoms with Crippen LogP contribution in [0.1, 0.15) is 0 Å². The van der Waals surface area contributed by atoms with Gasteiger partial charge in [0, 0.05) is 0 Å². The lowest BCUT2D eigenvalue weighted by molar-refractivity contribution is 0.414. The minimum absolute atomic E-state index is 0.910. The Balaban J connectivity index is 0.000000283. The summed E-state index contributed by atoms with van der Waals surface area (Å²) < 4.78 is 9.83. The van der Waals surface area contributed by atoms with E-state index < -0.39 is 0 Å². The summed E-state index contributed by atoms with van der Waals surface area (Å²) in [6, 6.07) is 19.4. The number of hydrogen-bond donors (Lipinski definition) is 0. The predicted octanol–water partition coefficient (Wildman–Crippen LogP) is 4.40. The van der Waals surface area contributed by atoms with Gasteiger partial charge in [0.2, 0.25) is 0 Å². The molecule has 0 bridgehead atoms. The standard InChI is InChI=1S/2C7H8O.CH3Br/c2*1-8-7-5-3-2-4-6-7;1-2/h2*2-6H,1H3;1H3. The first-order chi connectivity index (χ1) is 8.86. The number of ether oxygens (including phenoxy) is 2. The number of alkyl halides is 1. The average molecular weight is 311 g/mol. The third-order valence-electron chi connectivity index (χ3n) is 1.96. The molecule has 2 nitrogen and oxygen atoms in total. The SMILES string of the molecule is CBr.COc1ccccc1.COc1ccccc1. The number of halogens is 1. The number of hydrogen-bond acceptors (Lipinski definition) is 2. The lowest BCUT2D eigenvalue weighted by atomic mass is 10.3. The fourth-order valence-corrected chi connectivity index (χ4v) is 1.11. The van der Waals surface area contributed by atoms with Crippen molar-refractivity contribution in [2.24, 2.45) is 0 Å². The van der Waals surface area contributed by atoms with Crippen LogP contribution in [0.2, 0.25) is 0 Å². The second kappa shape index (κ2) is 12.0. The molecule has 0 atom stereocenters. The zero-order valence-corrected chi connectivity index (χ0v) is 12.6. The molecule has 3 heteroatoms. The highest BCUT2D eigenvalue weighted by atomic mass is 79.9. The molecule has 0 fully saturated rings. The van der Waals surface area contributed by atoms with E-state index in [0.717, 1.165) is 11.5 Å². The first-order valence-electron chi connectivity index (χ1n) is 5.42. The Labute approximate surface area is 118 Å². The molecule has 2 rings (SSSR count). The highest BCUT2D eigenvalue weighted by molar-refractivity contribution is 9.08. The summed E-state index contributed by atoms with van der Waals surface area (Å²) in [6.45, 7) is 0. The van der Waals surface area contributed by atoms with E-state index in [2.05, 4.69) is 15.9 Å². The van der Waals surface area contributed by atoms with Crippen LogP contribution < -0.4 is 9.47 Å². The van der Waals surface area contributed by atoms with Gasteiger partial charge < -0.3 is 9.47 Å². The third kappa shape index (κ3) is 7.74. The molecule has 98 valence electrons. The lowest BCUT2D eigenvalue weighted by Crippen LogP contribution is -1.78. The Morgan fingerprint density at radius 2 is 0.889 bits per heavy atom. The first kappa shape index (κ1) is 16.5. The van der Waals surface area contributed by atoms with E-state index in [4.69, 9.17) is 9.47 Å². The van der Waals surface area contributed by atoms with Gasteiger partial charge in [-0.1, -0.05) is 52.3 Å². The molecular weight excluding hydrogens is 292 g/mol. The molecule has 0 aliphatic rings. The summed E-state index contributed by atoms with van der Waals surface area (Å²) in [6.07, 6.45) is 0. The Morgan fingerprint density at radius 3 is 1.06 bits per heavy atom. The molecule has 0 aromatic heterocycles. The van der Waals surface area contributed by atoms with Gasteiger partial charge in [-0.25, -0.2) is 0 Å². The van der Waals surface area contributed by atoms with E-state index >= 15 is 0 Å². The fourth-order valence-electron chi connectivity index (χ4n) is 1.11. The Morgan fingerprint density at radius 1 is 0.611 bits per heavy atom. The zero-order chi connectivity index (χ0) is 13.6. The van der Waals surface area contributed by atoms with E-state index in [0.29, 0.717) is 0 Å². The minimum Gasteiger partial charge on any atom is -0.497 e. The molecule has 0 N–H and O–H groups in total. The summed E-state index contributed by atoms with van der Waals surface area (Å²) in [5.74, 6) is 3.63. The Bertz CT molecular complexity index is 337. The van der Waals surface area contributed by atoms with Gasteiger partial charge in [0.1, 0.15) is 11.5 Å². The van der Waals surface area contributed by atoms with Crippen LogP contribution in [0.15, 0.2) is 60.7 Å². The van der Waals surface area contributed by atoms with Gasteiger partial charge in [-0.15, -0.1) is 0 Å². The van der Waals surface area contributed by atoms with Gasteiger partial charge in [-0.05, 0) is 30.1 Å². The number of benzene rings is 2. The number of methoxy groups -OCH3 is 2. The highest BCUT2D eigenvalue weighted by Crippen LogP contribution is 2.06. The lowest BCUT2D eigenvalue weighted by Gasteiger charge is -1.93. The second-order valence-electron chi connectivity index (χ2n) is 3.03. The van der Waals surface area contributed by atoms with E-state index in [1.165, 1.54) is 0 Å². The minimum atomic E-state index is 0.910. The maximum Gasteiger partial charge on any atom is 0.118 e. The molecule has 18 heavy (non-hydrogen) atoms. The zero-order valence-electron chi connectivity index (χ0n) is 11.0. The van der Waals surface area contributed by atoms with Crippen molar-refractivity contribution in [3.8, 4) is 11.5 Å².